The quantitative estimate of drug-likeness (QED) is 0.301. The van der Waals surface area contributed by atoms with Gasteiger partial charge in [-0.15, -0.1) is 0 Å². The normalized spacial score (nSPS) is 10.6. The summed E-state index contributed by atoms with van der Waals surface area (Å²) in [5, 5.41) is 9.55. The summed E-state index contributed by atoms with van der Waals surface area (Å²) < 4.78 is 18.9. The van der Waals surface area contributed by atoms with Crippen molar-refractivity contribution in [1.29, 1.82) is 0 Å². The molecule has 0 fully saturated rings. The monoisotopic (exact) mass is 376 g/mol. The lowest BCUT2D eigenvalue weighted by Crippen LogP contribution is -2.48. The Morgan fingerprint density at radius 2 is 0.846 bits per heavy atom. The zero-order valence-corrected chi connectivity index (χ0v) is 15.2. The molecule has 0 radical (unpaired) electrons. The Labute approximate surface area is 150 Å². The molecular weight excluding hydrogens is 352 g/mol. The molecule has 0 heterocycles. The van der Waals surface area contributed by atoms with E-state index in [-0.39, 0.29) is 26.4 Å². The lowest BCUT2D eigenvalue weighted by atomic mass is 9.81. The van der Waals surface area contributed by atoms with E-state index in [9.17, 15) is 29.1 Å². The number of rotatable bonds is 11. The van der Waals surface area contributed by atoms with E-state index < -0.39 is 47.6 Å². The van der Waals surface area contributed by atoms with Gasteiger partial charge in [-0.05, 0) is 27.7 Å². The highest BCUT2D eigenvalue weighted by Gasteiger charge is 2.52. The van der Waals surface area contributed by atoms with Crippen molar-refractivity contribution < 1.29 is 48.0 Å². The van der Waals surface area contributed by atoms with Gasteiger partial charge in [0.2, 0.25) is 0 Å². The summed E-state index contributed by atoms with van der Waals surface area (Å²) in [4.78, 5) is 60.5. The lowest BCUT2D eigenvalue weighted by molar-refractivity contribution is -0.179. The molecule has 0 atom stereocenters. The molecule has 0 spiro atoms. The SMILES string of the molecule is CCOC(=O)C(C(=O)OCC)C(C(=O)O)C(C(=O)OCC)C(=O)OCC. The van der Waals surface area contributed by atoms with Gasteiger partial charge in [0, 0.05) is 0 Å². The van der Waals surface area contributed by atoms with E-state index in [1.165, 1.54) is 27.7 Å². The highest BCUT2D eigenvalue weighted by Crippen LogP contribution is 2.27. The largest absolute Gasteiger partial charge is 0.481 e. The van der Waals surface area contributed by atoms with Gasteiger partial charge in [0.1, 0.15) is 5.92 Å². The molecule has 10 heteroatoms. The van der Waals surface area contributed by atoms with Crippen LogP contribution >= 0.6 is 0 Å². The molecule has 148 valence electrons. The molecule has 0 aromatic rings. The third-order valence-corrected chi connectivity index (χ3v) is 3.17. The smallest absolute Gasteiger partial charge is 0.321 e. The third kappa shape index (κ3) is 6.34. The molecule has 0 unspecified atom stereocenters. The highest BCUT2D eigenvalue weighted by molar-refractivity contribution is 6.05. The summed E-state index contributed by atoms with van der Waals surface area (Å²) in [6.45, 7) is 5.20. The minimum absolute atomic E-state index is 0.148. The molecule has 0 aliphatic heterocycles. The Morgan fingerprint density at radius 3 is 1.00 bits per heavy atom. The average molecular weight is 376 g/mol. The second kappa shape index (κ2) is 11.8. The van der Waals surface area contributed by atoms with Crippen molar-refractivity contribution in [3.8, 4) is 0 Å². The first-order valence-corrected chi connectivity index (χ1v) is 8.15. The first-order valence-electron chi connectivity index (χ1n) is 8.15. The van der Waals surface area contributed by atoms with Crippen LogP contribution in [0.5, 0.6) is 0 Å². The molecule has 0 aliphatic rings. The molecule has 0 amide bonds. The molecule has 0 aromatic carbocycles. The standard InChI is InChI=1S/C16H24O10/c1-5-23-13(19)10(14(20)24-6-2)9(12(17)18)11(15(21)25-7-3)16(22)26-8-4/h9-11H,5-8H2,1-4H3,(H,17,18). The Bertz CT molecular complexity index is 451. The van der Waals surface area contributed by atoms with Crippen molar-refractivity contribution in [2.45, 2.75) is 27.7 Å². The van der Waals surface area contributed by atoms with Crippen molar-refractivity contribution in [2.24, 2.45) is 17.8 Å². The van der Waals surface area contributed by atoms with Crippen LogP contribution in [0.15, 0.2) is 0 Å². The number of carbonyl (C=O) groups is 5. The van der Waals surface area contributed by atoms with Crippen molar-refractivity contribution >= 4 is 29.8 Å². The summed E-state index contributed by atoms with van der Waals surface area (Å²) in [5.41, 5.74) is 0. The van der Waals surface area contributed by atoms with Crippen LogP contribution in [0.2, 0.25) is 0 Å². The number of carboxylic acid groups (broad SMARTS) is 1. The molecule has 0 aliphatic carbocycles. The predicted octanol–water partition coefficient (Wildman–Crippen LogP) is 0.172. The fourth-order valence-corrected chi connectivity index (χ4v) is 2.18. The number of aliphatic carboxylic acids is 1. The van der Waals surface area contributed by atoms with E-state index in [1.54, 1.807) is 0 Å². The summed E-state index contributed by atoms with van der Waals surface area (Å²) in [7, 11) is 0. The van der Waals surface area contributed by atoms with Gasteiger partial charge >= 0.3 is 29.8 Å². The Morgan fingerprint density at radius 1 is 0.615 bits per heavy atom. The van der Waals surface area contributed by atoms with Crippen molar-refractivity contribution in [3.05, 3.63) is 0 Å². The van der Waals surface area contributed by atoms with Crippen LogP contribution in [0.3, 0.4) is 0 Å². The molecule has 0 rings (SSSR count). The van der Waals surface area contributed by atoms with Gasteiger partial charge in [-0.3, -0.25) is 24.0 Å². The predicted molar refractivity (Wildman–Crippen MR) is 84.6 cm³/mol. The first kappa shape index (κ1) is 23.4. The third-order valence-electron chi connectivity index (χ3n) is 3.17. The zero-order valence-electron chi connectivity index (χ0n) is 15.2. The van der Waals surface area contributed by atoms with Crippen LogP contribution in [-0.2, 0) is 42.9 Å². The van der Waals surface area contributed by atoms with Gasteiger partial charge in [0.05, 0.1) is 26.4 Å². The summed E-state index contributed by atoms with van der Waals surface area (Å²) >= 11 is 0. The van der Waals surface area contributed by atoms with E-state index in [0.29, 0.717) is 0 Å². The molecule has 0 saturated carbocycles. The maximum Gasteiger partial charge on any atom is 0.321 e. The number of esters is 4. The van der Waals surface area contributed by atoms with Crippen LogP contribution in [0, 0.1) is 17.8 Å². The number of hydrogen-bond donors (Lipinski definition) is 1. The van der Waals surface area contributed by atoms with Crippen LogP contribution in [0.1, 0.15) is 27.7 Å². The van der Waals surface area contributed by atoms with Crippen molar-refractivity contribution in [3.63, 3.8) is 0 Å². The van der Waals surface area contributed by atoms with E-state index in [2.05, 4.69) is 0 Å². The van der Waals surface area contributed by atoms with E-state index in [0.717, 1.165) is 0 Å². The van der Waals surface area contributed by atoms with Gasteiger partial charge in [-0.2, -0.15) is 0 Å². The molecule has 0 aromatic heterocycles. The van der Waals surface area contributed by atoms with Crippen LogP contribution in [0.4, 0.5) is 0 Å². The van der Waals surface area contributed by atoms with Crippen LogP contribution in [0.25, 0.3) is 0 Å². The van der Waals surface area contributed by atoms with Crippen molar-refractivity contribution in [2.75, 3.05) is 26.4 Å². The topological polar surface area (TPSA) is 143 Å². The second-order valence-corrected chi connectivity index (χ2v) is 4.83. The molecule has 10 nitrogen and oxygen atoms in total. The zero-order chi connectivity index (χ0) is 20.3. The molecular formula is C16H24O10. The Hall–Kier alpha value is -2.65. The number of carbonyl (C=O) groups excluding carboxylic acids is 4. The number of hydrogen-bond acceptors (Lipinski definition) is 9. The summed E-state index contributed by atoms with van der Waals surface area (Å²) in [6.07, 6.45) is 0. The summed E-state index contributed by atoms with van der Waals surface area (Å²) in [5.74, 6) is -12.8. The molecule has 26 heavy (non-hydrogen) atoms. The number of ether oxygens (including phenoxy) is 4. The summed E-state index contributed by atoms with van der Waals surface area (Å²) in [6, 6.07) is 0. The Balaban J connectivity index is 6.16. The van der Waals surface area contributed by atoms with Gasteiger partial charge < -0.3 is 24.1 Å². The maximum absolute atomic E-state index is 12.2. The first-order chi connectivity index (χ1) is 12.3. The fourth-order valence-electron chi connectivity index (χ4n) is 2.18. The van der Waals surface area contributed by atoms with Gasteiger partial charge in [0.15, 0.2) is 11.8 Å². The number of carboxylic acids is 1. The van der Waals surface area contributed by atoms with E-state index in [1.807, 2.05) is 0 Å². The highest BCUT2D eigenvalue weighted by atomic mass is 16.6. The maximum atomic E-state index is 12.2. The fraction of sp³-hybridized carbons (Fsp3) is 0.688. The lowest BCUT2D eigenvalue weighted by Gasteiger charge is -2.25. The average Bonchev–Trinajstić information content (AvgIpc) is 2.55. The molecule has 0 bridgehead atoms. The van der Waals surface area contributed by atoms with E-state index in [4.69, 9.17) is 18.9 Å². The molecule has 0 saturated heterocycles. The Kier molecular flexibility index (Phi) is 10.6. The van der Waals surface area contributed by atoms with Gasteiger partial charge in [0.25, 0.3) is 0 Å². The minimum atomic E-state index is -2.11. The second-order valence-electron chi connectivity index (χ2n) is 4.83. The molecule has 1 N–H and O–H groups in total. The minimum Gasteiger partial charge on any atom is -0.481 e. The van der Waals surface area contributed by atoms with E-state index >= 15 is 0 Å². The van der Waals surface area contributed by atoms with Crippen molar-refractivity contribution in [1.82, 2.24) is 0 Å². The van der Waals surface area contributed by atoms with Crippen LogP contribution in [-0.4, -0.2) is 61.4 Å². The van der Waals surface area contributed by atoms with Crippen LogP contribution < -0.4 is 0 Å². The van der Waals surface area contributed by atoms with Gasteiger partial charge in [-0.25, -0.2) is 0 Å². The van der Waals surface area contributed by atoms with Gasteiger partial charge in [-0.1, -0.05) is 0 Å².